The molecule has 6 nitrogen and oxygen atoms in total. The van der Waals surface area contributed by atoms with Crippen molar-refractivity contribution in [2.24, 2.45) is 0 Å². The molecule has 0 aliphatic carbocycles. The molecule has 0 heterocycles. The second-order valence-corrected chi connectivity index (χ2v) is 5.91. The first-order valence-electron chi connectivity index (χ1n) is 5.75. The van der Waals surface area contributed by atoms with E-state index in [-0.39, 0.29) is 6.54 Å². The van der Waals surface area contributed by atoms with E-state index in [0.717, 1.165) is 0 Å². The fourth-order valence-corrected chi connectivity index (χ4v) is 2.67. The van der Waals surface area contributed by atoms with Gasteiger partial charge in [-0.25, -0.2) is 0 Å². The zero-order chi connectivity index (χ0) is 13.5. The average Bonchev–Trinajstić information content (AvgIpc) is 2.25. The van der Waals surface area contributed by atoms with Gasteiger partial charge in [-0.05, 0) is 6.92 Å². The maximum atomic E-state index is 11.8. The monoisotopic (exact) mass is 268 g/mol. The Morgan fingerprint density at radius 1 is 1.35 bits per heavy atom. The van der Waals surface area contributed by atoms with Crippen LogP contribution in [0.3, 0.4) is 0 Å². The highest BCUT2D eigenvalue weighted by molar-refractivity contribution is 7.87. The lowest BCUT2D eigenvalue weighted by Crippen LogP contribution is -2.47. The number of methoxy groups -OCH3 is 1. The molecule has 1 atom stereocenters. The molecule has 0 amide bonds. The van der Waals surface area contributed by atoms with Gasteiger partial charge >= 0.3 is 0 Å². The van der Waals surface area contributed by atoms with Crippen LogP contribution in [0.1, 0.15) is 27.2 Å². The Kier molecular flexibility index (Phi) is 7.18. The first-order chi connectivity index (χ1) is 7.79. The molecule has 104 valence electrons. The predicted octanol–water partition coefficient (Wildman–Crippen LogP) is -0.0499. The van der Waals surface area contributed by atoms with Crippen LogP contribution >= 0.6 is 0 Å². The standard InChI is InChI=1S/C10H24N2O4S/c1-5-12(6-2)17(14,15)11-9-10(3,13)7-8-16-4/h11,13H,5-9H2,1-4H3. The Balaban J connectivity index is 4.35. The molecule has 2 N–H and O–H groups in total. The summed E-state index contributed by atoms with van der Waals surface area (Å²) in [5, 5.41) is 9.91. The van der Waals surface area contributed by atoms with Gasteiger partial charge in [-0.2, -0.15) is 17.4 Å². The Bertz CT molecular complexity index is 299. The highest BCUT2D eigenvalue weighted by Gasteiger charge is 2.25. The molecule has 0 saturated heterocycles. The van der Waals surface area contributed by atoms with Crippen LogP contribution in [0.15, 0.2) is 0 Å². The van der Waals surface area contributed by atoms with Crippen molar-refractivity contribution < 1.29 is 18.3 Å². The Labute approximate surface area is 104 Å². The minimum absolute atomic E-state index is 0.0187. The molecule has 0 aromatic rings. The number of ether oxygens (including phenoxy) is 1. The van der Waals surface area contributed by atoms with Crippen molar-refractivity contribution in [3.63, 3.8) is 0 Å². The molecule has 0 aliphatic rings. The predicted molar refractivity (Wildman–Crippen MR) is 67.0 cm³/mol. The van der Waals surface area contributed by atoms with Crippen molar-refractivity contribution in [1.82, 2.24) is 9.03 Å². The summed E-state index contributed by atoms with van der Waals surface area (Å²) in [6.07, 6.45) is 0.379. The summed E-state index contributed by atoms with van der Waals surface area (Å²) < 4.78 is 32.1. The van der Waals surface area contributed by atoms with Gasteiger partial charge in [-0.15, -0.1) is 0 Å². The van der Waals surface area contributed by atoms with E-state index in [1.165, 1.54) is 11.4 Å². The highest BCUT2D eigenvalue weighted by Crippen LogP contribution is 2.09. The first kappa shape index (κ1) is 16.8. The molecule has 0 saturated carbocycles. The quantitative estimate of drug-likeness (QED) is 0.614. The van der Waals surface area contributed by atoms with E-state index < -0.39 is 15.8 Å². The van der Waals surface area contributed by atoms with Crippen LogP contribution in [0.5, 0.6) is 0 Å². The number of hydrogen-bond acceptors (Lipinski definition) is 4. The van der Waals surface area contributed by atoms with Gasteiger partial charge in [-0.3, -0.25) is 0 Å². The number of aliphatic hydroxyl groups is 1. The molecule has 7 heteroatoms. The third-order valence-corrected chi connectivity index (χ3v) is 4.23. The number of rotatable bonds is 9. The summed E-state index contributed by atoms with van der Waals surface area (Å²) in [5.41, 5.74) is -1.10. The van der Waals surface area contributed by atoms with Crippen molar-refractivity contribution in [1.29, 1.82) is 0 Å². The van der Waals surface area contributed by atoms with Crippen molar-refractivity contribution in [3.8, 4) is 0 Å². The molecule has 0 fully saturated rings. The van der Waals surface area contributed by atoms with Gasteiger partial charge in [0, 0.05) is 39.8 Å². The fraction of sp³-hybridized carbons (Fsp3) is 1.00. The van der Waals surface area contributed by atoms with E-state index in [4.69, 9.17) is 4.74 Å². The van der Waals surface area contributed by atoms with Gasteiger partial charge in [0.15, 0.2) is 0 Å². The summed E-state index contributed by atoms with van der Waals surface area (Å²) in [6.45, 7) is 6.31. The summed E-state index contributed by atoms with van der Waals surface area (Å²) in [5.74, 6) is 0. The van der Waals surface area contributed by atoms with E-state index >= 15 is 0 Å². The molecule has 0 rings (SSSR count). The van der Waals surface area contributed by atoms with Crippen LogP contribution in [0.2, 0.25) is 0 Å². The lowest BCUT2D eigenvalue weighted by atomic mass is 10.0. The highest BCUT2D eigenvalue weighted by atomic mass is 32.2. The Morgan fingerprint density at radius 3 is 2.29 bits per heavy atom. The molecule has 0 aromatic carbocycles. The van der Waals surface area contributed by atoms with Crippen molar-refractivity contribution in [2.75, 3.05) is 33.4 Å². The van der Waals surface area contributed by atoms with E-state index in [1.54, 1.807) is 20.8 Å². The number of hydrogen-bond donors (Lipinski definition) is 2. The SMILES string of the molecule is CCN(CC)S(=O)(=O)NCC(C)(O)CCOC. The molecule has 1 unspecified atom stereocenters. The number of nitrogens with one attached hydrogen (secondary N) is 1. The van der Waals surface area contributed by atoms with Crippen LogP contribution in [0.4, 0.5) is 0 Å². The second kappa shape index (κ2) is 7.27. The molecule has 0 bridgehead atoms. The van der Waals surface area contributed by atoms with E-state index in [2.05, 4.69) is 4.72 Å². The van der Waals surface area contributed by atoms with Crippen LogP contribution in [-0.4, -0.2) is 56.8 Å². The van der Waals surface area contributed by atoms with Gasteiger partial charge in [0.1, 0.15) is 0 Å². The Morgan fingerprint density at radius 2 is 1.88 bits per heavy atom. The lowest BCUT2D eigenvalue weighted by Gasteiger charge is -2.25. The normalized spacial score (nSPS) is 16.1. The summed E-state index contributed by atoms with van der Waals surface area (Å²) in [6, 6.07) is 0. The average molecular weight is 268 g/mol. The first-order valence-corrected chi connectivity index (χ1v) is 7.19. The molecule has 0 aliphatic heterocycles. The second-order valence-electron chi connectivity index (χ2n) is 4.15. The largest absolute Gasteiger partial charge is 0.389 e. The summed E-state index contributed by atoms with van der Waals surface area (Å²) in [4.78, 5) is 0. The zero-order valence-corrected chi connectivity index (χ0v) is 11.9. The van der Waals surface area contributed by atoms with Crippen molar-refractivity contribution in [3.05, 3.63) is 0 Å². The molecule has 0 radical (unpaired) electrons. The van der Waals surface area contributed by atoms with E-state index in [0.29, 0.717) is 26.1 Å². The van der Waals surface area contributed by atoms with Crippen molar-refractivity contribution in [2.45, 2.75) is 32.8 Å². The molecule has 0 aromatic heterocycles. The summed E-state index contributed by atoms with van der Waals surface area (Å²) >= 11 is 0. The van der Waals surface area contributed by atoms with Crippen LogP contribution in [-0.2, 0) is 14.9 Å². The maximum absolute atomic E-state index is 11.8. The lowest BCUT2D eigenvalue weighted by molar-refractivity contribution is 0.0289. The van der Waals surface area contributed by atoms with E-state index in [9.17, 15) is 13.5 Å². The van der Waals surface area contributed by atoms with Gasteiger partial charge in [0.25, 0.3) is 10.2 Å². The van der Waals surface area contributed by atoms with E-state index in [1.807, 2.05) is 0 Å². The minimum atomic E-state index is -3.50. The smallest absolute Gasteiger partial charge is 0.279 e. The third kappa shape index (κ3) is 6.32. The number of nitrogens with zero attached hydrogens (tertiary/aromatic N) is 1. The maximum Gasteiger partial charge on any atom is 0.279 e. The van der Waals surface area contributed by atoms with Crippen LogP contribution in [0.25, 0.3) is 0 Å². The fourth-order valence-electron chi connectivity index (χ4n) is 1.31. The molecular formula is C10H24N2O4S. The topological polar surface area (TPSA) is 78.9 Å². The van der Waals surface area contributed by atoms with Gasteiger partial charge in [0.2, 0.25) is 0 Å². The zero-order valence-electron chi connectivity index (χ0n) is 11.1. The molecule has 0 spiro atoms. The Hall–Kier alpha value is -0.210. The van der Waals surface area contributed by atoms with Crippen LogP contribution in [0, 0.1) is 0 Å². The summed E-state index contributed by atoms with van der Waals surface area (Å²) in [7, 11) is -1.96. The van der Waals surface area contributed by atoms with Gasteiger partial charge < -0.3 is 9.84 Å². The third-order valence-electron chi connectivity index (χ3n) is 2.53. The van der Waals surface area contributed by atoms with Crippen LogP contribution < -0.4 is 4.72 Å². The van der Waals surface area contributed by atoms with Gasteiger partial charge in [-0.1, -0.05) is 13.8 Å². The van der Waals surface area contributed by atoms with Gasteiger partial charge in [0.05, 0.1) is 5.60 Å². The molecule has 17 heavy (non-hydrogen) atoms. The minimum Gasteiger partial charge on any atom is -0.389 e. The molecular weight excluding hydrogens is 244 g/mol. The van der Waals surface area contributed by atoms with Crippen molar-refractivity contribution >= 4 is 10.2 Å².